The van der Waals surface area contributed by atoms with Gasteiger partial charge in [-0.15, -0.1) is 0 Å². The highest BCUT2D eigenvalue weighted by Crippen LogP contribution is 2.14. The highest BCUT2D eigenvalue weighted by atomic mass is 16.4. The first-order chi connectivity index (χ1) is 12.4. The molecule has 0 aliphatic rings. The van der Waals surface area contributed by atoms with Crippen LogP contribution < -0.4 is 0 Å². The van der Waals surface area contributed by atoms with Gasteiger partial charge in [-0.1, -0.05) is 80.9 Å². The minimum atomic E-state index is -0.737. The molecule has 0 amide bonds. The quantitative estimate of drug-likeness (QED) is 0.720. The number of rotatable bonds is 8. The van der Waals surface area contributed by atoms with Gasteiger partial charge in [0.15, 0.2) is 0 Å². The van der Waals surface area contributed by atoms with Crippen LogP contribution in [0.5, 0.6) is 0 Å². The fourth-order valence-electron chi connectivity index (χ4n) is 2.61. The van der Waals surface area contributed by atoms with Crippen molar-refractivity contribution in [2.45, 2.75) is 39.5 Å². The lowest BCUT2D eigenvalue weighted by Gasteiger charge is -2.10. The van der Waals surface area contributed by atoms with Crippen LogP contribution >= 0.6 is 0 Å². The van der Waals surface area contributed by atoms with Gasteiger partial charge in [0.05, 0.1) is 11.8 Å². The summed E-state index contributed by atoms with van der Waals surface area (Å²) in [5.74, 6) is -1.95. The zero-order valence-corrected chi connectivity index (χ0v) is 15.5. The van der Waals surface area contributed by atoms with E-state index < -0.39 is 11.9 Å². The summed E-state index contributed by atoms with van der Waals surface area (Å²) in [4.78, 5) is 21.4. The first-order valence-corrected chi connectivity index (χ1v) is 8.97. The summed E-state index contributed by atoms with van der Waals surface area (Å²) >= 11 is 0. The Kier molecular flexibility index (Phi) is 9.77. The maximum Gasteiger partial charge on any atom is 0.306 e. The standard InChI is InChI=1S/C12H16O2.C10H12O2/c1-2-6-11(12(13)14)9-10-7-4-3-5-8-10;1-8(10(11)12)7-9-5-3-2-4-6-9/h3-5,7-8,11H,2,6,9H2,1H3,(H,13,14);2-6,8H,7H2,1H3,(H,11,12)/t11-;8-/m00/s1. The molecule has 0 bridgehead atoms. The maximum absolute atomic E-state index is 10.9. The van der Waals surface area contributed by atoms with Crippen molar-refractivity contribution in [2.24, 2.45) is 11.8 Å². The van der Waals surface area contributed by atoms with Crippen LogP contribution in [0.1, 0.15) is 37.8 Å². The molecular formula is C22H28O4. The number of carbonyl (C=O) groups is 2. The topological polar surface area (TPSA) is 74.6 Å². The summed E-state index contributed by atoms with van der Waals surface area (Å²) in [7, 11) is 0. The Bertz CT molecular complexity index is 652. The number of hydrogen-bond donors (Lipinski definition) is 2. The van der Waals surface area contributed by atoms with E-state index in [9.17, 15) is 9.59 Å². The Morgan fingerprint density at radius 3 is 1.65 bits per heavy atom. The summed E-state index contributed by atoms with van der Waals surface area (Å²) in [5, 5.41) is 17.6. The van der Waals surface area contributed by atoms with Gasteiger partial charge in [0.1, 0.15) is 0 Å². The van der Waals surface area contributed by atoms with E-state index in [2.05, 4.69) is 0 Å². The second kappa shape index (κ2) is 11.9. The van der Waals surface area contributed by atoms with Crippen LogP contribution in [0.15, 0.2) is 60.7 Å². The van der Waals surface area contributed by atoms with Crippen molar-refractivity contribution in [2.75, 3.05) is 0 Å². The fraction of sp³-hybridized carbons (Fsp3) is 0.364. The first-order valence-electron chi connectivity index (χ1n) is 8.97. The van der Waals surface area contributed by atoms with E-state index >= 15 is 0 Å². The van der Waals surface area contributed by atoms with Crippen LogP contribution in [0.25, 0.3) is 0 Å². The highest BCUT2D eigenvalue weighted by Gasteiger charge is 2.16. The molecule has 0 radical (unpaired) electrons. The molecular weight excluding hydrogens is 328 g/mol. The van der Waals surface area contributed by atoms with Crippen molar-refractivity contribution in [1.82, 2.24) is 0 Å². The van der Waals surface area contributed by atoms with E-state index in [1.807, 2.05) is 67.6 Å². The summed E-state index contributed by atoms with van der Waals surface area (Å²) < 4.78 is 0. The molecule has 0 spiro atoms. The lowest BCUT2D eigenvalue weighted by Crippen LogP contribution is -2.16. The van der Waals surface area contributed by atoms with Gasteiger partial charge in [-0.25, -0.2) is 0 Å². The third-order valence-electron chi connectivity index (χ3n) is 4.12. The molecule has 4 nitrogen and oxygen atoms in total. The third kappa shape index (κ3) is 8.47. The Hall–Kier alpha value is -2.62. The van der Waals surface area contributed by atoms with Crippen molar-refractivity contribution in [1.29, 1.82) is 0 Å². The predicted octanol–water partition coefficient (Wildman–Crippen LogP) is 4.68. The van der Waals surface area contributed by atoms with Crippen LogP contribution in [0.4, 0.5) is 0 Å². The third-order valence-corrected chi connectivity index (χ3v) is 4.12. The second-order valence-corrected chi connectivity index (χ2v) is 6.44. The molecule has 2 aromatic carbocycles. The van der Waals surface area contributed by atoms with E-state index in [1.165, 1.54) is 0 Å². The lowest BCUT2D eigenvalue weighted by molar-refractivity contribution is -0.142. The summed E-state index contributed by atoms with van der Waals surface area (Å²) in [6, 6.07) is 19.4. The van der Waals surface area contributed by atoms with E-state index in [1.54, 1.807) is 6.92 Å². The largest absolute Gasteiger partial charge is 0.481 e. The molecule has 0 saturated heterocycles. The van der Waals surface area contributed by atoms with Crippen LogP contribution in [-0.2, 0) is 22.4 Å². The molecule has 4 heteroatoms. The molecule has 2 aromatic rings. The molecule has 2 N–H and O–H groups in total. The number of benzene rings is 2. The first kappa shape index (κ1) is 21.4. The van der Waals surface area contributed by atoms with Gasteiger partial charge in [-0.3, -0.25) is 9.59 Å². The van der Waals surface area contributed by atoms with Gasteiger partial charge in [-0.2, -0.15) is 0 Å². The number of hydrogen-bond acceptors (Lipinski definition) is 2. The Morgan fingerprint density at radius 2 is 1.27 bits per heavy atom. The number of carboxylic acids is 2. The molecule has 0 fully saturated rings. The van der Waals surface area contributed by atoms with Gasteiger partial charge < -0.3 is 10.2 Å². The minimum absolute atomic E-state index is 0.234. The Morgan fingerprint density at radius 1 is 0.808 bits per heavy atom. The Balaban J connectivity index is 0.000000263. The molecule has 26 heavy (non-hydrogen) atoms. The van der Waals surface area contributed by atoms with Crippen molar-refractivity contribution >= 4 is 11.9 Å². The lowest BCUT2D eigenvalue weighted by atomic mass is 9.95. The van der Waals surface area contributed by atoms with Crippen molar-refractivity contribution in [3.8, 4) is 0 Å². The van der Waals surface area contributed by atoms with E-state index in [0.717, 1.165) is 24.0 Å². The van der Waals surface area contributed by atoms with Crippen molar-refractivity contribution < 1.29 is 19.8 Å². The summed E-state index contributed by atoms with van der Waals surface area (Å²) in [6.07, 6.45) is 2.92. The predicted molar refractivity (Wildman–Crippen MR) is 103 cm³/mol. The van der Waals surface area contributed by atoms with E-state index in [-0.39, 0.29) is 11.8 Å². The zero-order chi connectivity index (χ0) is 19.4. The summed E-state index contributed by atoms with van der Waals surface area (Å²) in [6.45, 7) is 3.73. The average Bonchev–Trinajstić information content (AvgIpc) is 2.63. The fourth-order valence-corrected chi connectivity index (χ4v) is 2.61. The molecule has 2 atom stereocenters. The average molecular weight is 356 g/mol. The summed E-state index contributed by atoms with van der Waals surface area (Å²) in [5.41, 5.74) is 2.18. The minimum Gasteiger partial charge on any atom is -0.481 e. The number of carboxylic acid groups (broad SMARTS) is 2. The molecule has 2 rings (SSSR count). The van der Waals surface area contributed by atoms with Crippen molar-refractivity contribution in [3.05, 3.63) is 71.8 Å². The Labute approximate surface area is 155 Å². The van der Waals surface area contributed by atoms with E-state index in [0.29, 0.717) is 12.8 Å². The van der Waals surface area contributed by atoms with E-state index in [4.69, 9.17) is 10.2 Å². The van der Waals surface area contributed by atoms with Crippen LogP contribution in [0, 0.1) is 11.8 Å². The molecule has 140 valence electrons. The molecule has 0 aliphatic heterocycles. The SMILES string of the molecule is CCC[C@@H](Cc1ccccc1)C(=O)O.C[C@@H](Cc1ccccc1)C(=O)O. The molecule has 0 unspecified atom stereocenters. The van der Waals surface area contributed by atoms with Crippen LogP contribution in [-0.4, -0.2) is 22.2 Å². The van der Waals surface area contributed by atoms with Crippen LogP contribution in [0.3, 0.4) is 0 Å². The monoisotopic (exact) mass is 356 g/mol. The second-order valence-electron chi connectivity index (χ2n) is 6.44. The maximum atomic E-state index is 10.9. The number of aliphatic carboxylic acids is 2. The van der Waals surface area contributed by atoms with Crippen molar-refractivity contribution in [3.63, 3.8) is 0 Å². The smallest absolute Gasteiger partial charge is 0.306 e. The molecule has 0 aliphatic carbocycles. The molecule has 0 saturated carbocycles. The van der Waals surface area contributed by atoms with Gasteiger partial charge in [0, 0.05) is 0 Å². The molecule has 0 heterocycles. The van der Waals surface area contributed by atoms with Crippen LogP contribution in [0.2, 0.25) is 0 Å². The normalized spacial score (nSPS) is 12.4. The molecule has 0 aromatic heterocycles. The van der Waals surface area contributed by atoms with Gasteiger partial charge >= 0.3 is 11.9 Å². The van der Waals surface area contributed by atoms with Gasteiger partial charge in [0.25, 0.3) is 0 Å². The zero-order valence-electron chi connectivity index (χ0n) is 15.5. The van der Waals surface area contributed by atoms with Gasteiger partial charge in [0.2, 0.25) is 0 Å². The highest BCUT2D eigenvalue weighted by molar-refractivity contribution is 5.70. The van der Waals surface area contributed by atoms with Gasteiger partial charge in [-0.05, 0) is 30.4 Å².